The maximum atomic E-state index is 12.6. The van der Waals surface area contributed by atoms with Crippen LogP contribution < -0.4 is 21.5 Å². The average Bonchev–Trinajstić information content (AvgIpc) is 3.20. The summed E-state index contributed by atoms with van der Waals surface area (Å²) in [6.45, 7) is 1.42. The maximum absolute atomic E-state index is 12.6. The van der Waals surface area contributed by atoms with Gasteiger partial charge in [0.05, 0.1) is 13.0 Å². The lowest BCUT2D eigenvalue weighted by atomic mass is 10.1. The normalized spacial score (nSPS) is 12.5. The van der Waals surface area contributed by atoms with Crippen LogP contribution in [0.15, 0.2) is 65.3 Å². The van der Waals surface area contributed by atoms with Gasteiger partial charge in [-0.05, 0) is 18.6 Å². The summed E-state index contributed by atoms with van der Waals surface area (Å²) in [6.07, 6.45) is 4.30. The second-order valence-corrected chi connectivity index (χ2v) is 7.03. The van der Waals surface area contributed by atoms with Crippen LogP contribution >= 0.6 is 15.9 Å². The summed E-state index contributed by atoms with van der Waals surface area (Å²) >= 11 is 3.41. The third-order valence-electron chi connectivity index (χ3n) is 4.54. The lowest BCUT2D eigenvalue weighted by Crippen LogP contribution is -3.00. The van der Waals surface area contributed by atoms with Crippen LogP contribution in [0.4, 0.5) is 0 Å². The molecule has 0 atom stereocenters. The van der Waals surface area contributed by atoms with Crippen LogP contribution in [0.1, 0.15) is 22.6 Å². The Hall–Kier alpha value is -1.72. The molecular formula is C20H18Br2N2O. The molecule has 2 aromatic carbocycles. The Kier molecular flexibility index (Phi) is 5.54. The summed E-state index contributed by atoms with van der Waals surface area (Å²) in [6, 6.07) is 18.0. The van der Waals surface area contributed by atoms with Crippen LogP contribution in [0.3, 0.4) is 0 Å². The number of imidazole rings is 1. The first-order valence-electron chi connectivity index (χ1n) is 8.18. The minimum absolute atomic E-state index is 0. The Labute approximate surface area is 166 Å². The van der Waals surface area contributed by atoms with Crippen molar-refractivity contribution in [2.45, 2.75) is 25.9 Å². The maximum Gasteiger partial charge on any atom is 0.257 e. The largest absolute Gasteiger partial charge is 1.00 e. The molecule has 0 spiro atoms. The first kappa shape index (κ1) is 18.1. The zero-order valence-electron chi connectivity index (χ0n) is 13.7. The number of ketones is 1. The van der Waals surface area contributed by atoms with Crippen molar-refractivity contribution >= 4 is 21.7 Å². The third-order valence-corrected chi connectivity index (χ3v) is 5.07. The molecule has 0 saturated carbocycles. The number of carbonyl (C=O) groups excluding carboxylic acids is 1. The van der Waals surface area contributed by atoms with Gasteiger partial charge in [0, 0.05) is 15.6 Å². The van der Waals surface area contributed by atoms with Crippen molar-refractivity contribution in [2.24, 2.45) is 0 Å². The van der Waals surface area contributed by atoms with E-state index in [4.69, 9.17) is 0 Å². The Morgan fingerprint density at radius 2 is 1.80 bits per heavy atom. The molecule has 0 bridgehead atoms. The molecule has 0 saturated heterocycles. The van der Waals surface area contributed by atoms with E-state index in [2.05, 4.69) is 55.5 Å². The Bertz CT molecular complexity index is 886. The van der Waals surface area contributed by atoms with Crippen molar-refractivity contribution < 1.29 is 26.3 Å². The third kappa shape index (κ3) is 3.62. The van der Waals surface area contributed by atoms with E-state index in [1.54, 1.807) is 0 Å². The van der Waals surface area contributed by atoms with Gasteiger partial charge in [-0.15, -0.1) is 0 Å². The van der Waals surface area contributed by atoms with E-state index in [1.807, 2.05) is 30.3 Å². The molecule has 128 valence electrons. The number of Topliss-reactive ketones (excluding diaryl/α,β-unsaturated/α-hetero) is 1. The molecule has 3 nitrogen and oxygen atoms in total. The fourth-order valence-corrected chi connectivity index (χ4v) is 3.63. The molecule has 1 aliphatic heterocycles. The summed E-state index contributed by atoms with van der Waals surface area (Å²) < 4.78 is 5.46. The predicted molar refractivity (Wildman–Crippen MR) is 96.9 cm³/mol. The van der Waals surface area contributed by atoms with Crippen molar-refractivity contribution in [1.82, 2.24) is 4.57 Å². The van der Waals surface area contributed by atoms with E-state index in [9.17, 15) is 4.79 Å². The highest BCUT2D eigenvalue weighted by Gasteiger charge is 2.29. The second kappa shape index (κ2) is 7.67. The summed E-state index contributed by atoms with van der Waals surface area (Å²) in [5.41, 5.74) is 3.16. The van der Waals surface area contributed by atoms with Gasteiger partial charge in [-0.2, -0.15) is 0 Å². The van der Waals surface area contributed by atoms with Crippen molar-refractivity contribution in [1.29, 1.82) is 0 Å². The van der Waals surface area contributed by atoms with Gasteiger partial charge in [0.2, 0.25) is 5.78 Å². The molecule has 3 aromatic rings. The SMILES string of the molecule is O=C(C[n+]1cc(-c2ccccc2)n2c1CCC2)c1ccc(Br)cc1.[Br-]. The van der Waals surface area contributed by atoms with Crippen LogP contribution in [0.2, 0.25) is 0 Å². The fourth-order valence-electron chi connectivity index (χ4n) is 3.37. The summed E-state index contributed by atoms with van der Waals surface area (Å²) in [7, 11) is 0. The summed E-state index contributed by atoms with van der Waals surface area (Å²) in [5.74, 6) is 1.40. The minimum Gasteiger partial charge on any atom is -1.00 e. The Balaban J connectivity index is 0.00000182. The quantitative estimate of drug-likeness (QED) is 0.421. The zero-order valence-corrected chi connectivity index (χ0v) is 16.8. The van der Waals surface area contributed by atoms with Gasteiger partial charge in [0.25, 0.3) is 5.82 Å². The van der Waals surface area contributed by atoms with Gasteiger partial charge in [-0.3, -0.25) is 4.79 Å². The van der Waals surface area contributed by atoms with Crippen LogP contribution in [0, 0.1) is 0 Å². The number of benzene rings is 2. The molecular weight excluding hydrogens is 444 g/mol. The van der Waals surface area contributed by atoms with Gasteiger partial charge in [-0.25, -0.2) is 9.13 Å². The molecule has 25 heavy (non-hydrogen) atoms. The van der Waals surface area contributed by atoms with E-state index in [0.717, 1.165) is 29.4 Å². The number of rotatable bonds is 4. The van der Waals surface area contributed by atoms with E-state index in [0.29, 0.717) is 6.54 Å². The number of halogens is 2. The molecule has 1 aromatic heterocycles. The molecule has 0 fully saturated rings. The number of hydrogen-bond acceptors (Lipinski definition) is 1. The molecule has 1 aliphatic rings. The number of carbonyl (C=O) groups is 1. The van der Waals surface area contributed by atoms with Gasteiger partial charge >= 0.3 is 0 Å². The van der Waals surface area contributed by atoms with Crippen LogP contribution in [-0.4, -0.2) is 10.4 Å². The molecule has 0 radical (unpaired) electrons. The van der Waals surface area contributed by atoms with Crippen molar-refractivity contribution in [2.75, 3.05) is 0 Å². The lowest BCUT2D eigenvalue weighted by Gasteiger charge is -2.00. The van der Waals surface area contributed by atoms with E-state index < -0.39 is 0 Å². The standard InChI is InChI=1S/C20H18BrN2O.BrH/c21-17-10-8-16(9-11-17)19(24)14-22-13-18(15-5-2-1-3-6-15)23-12-4-7-20(22)23;/h1-3,5-6,8-11,13H,4,7,12,14H2;1H/q+1;/p-1. The smallest absolute Gasteiger partial charge is 0.257 e. The molecule has 0 N–H and O–H groups in total. The molecule has 5 heteroatoms. The van der Waals surface area contributed by atoms with Gasteiger partial charge in [-0.1, -0.05) is 58.4 Å². The van der Waals surface area contributed by atoms with Crippen molar-refractivity contribution in [3.8, 4) is 11.3 Å². The topological polar surface area (TPSA) is 25.9 Å². The molecule has 0 aliphatic carbocycles. The van der Waals surface area contributed by atoms with E-state index >= 15 is 0 Å². The number of nitrogens with zero attached hydrogens (tertiary/aromatic N) is 2. The molecule has 0 amide bonds. The zero-order chi connectivity index (χ0) is 16.5. The molecule has 0 unspecified atom stereocenters. The summed E-state index contributed by atoms with van der Waals surface area (Å²) in [5, 5.41) is 0. The van der Waals surface area contributed by atoms with E-state index in [-0.39, 0.29) is 22.8 Å². The van der Waals surface area contributed by atoms with Crippen LogP contribution in [-0.2, 0) is 19.5 Å². The first-order valence-corrected chi connectivity index (χ1v) is 8.98. The highest BCUT2D eigenvalue weighted by Crippen LogP contribution is 2.24. The number of aromatic nitrogens is 2. The minimum atomic E-state index is 0. The van der Waals surface area contributed by atoms with Crippen LogP contribution in [0.5, 0.6) is 0 Å². The predicted octanol–water partition coefficient (Wildman–Crippen LogP) is 1.04. The molecule has 4 rings (SSSR count). The molecule has 2 heterocycles. The Morgan fingerprint density at radius 1 is 1.08 bits per heavy atom. The highest BCUT2D eigenvalue weighted by atomic mass is 79.9. The Morgan fingerprint density at radius 3 is 2.52 bits per heavy atom. The fraction of sp³-hybridized carbons (Fsp3) is 0.200. The first-order chi connectivity index (χ1) is 11.7. The van der Waals surface area contributed by atoms with Crippen molar-refractivity contribution in [3.63, 3.8) is 0 Å². The number of hydrogen-bond donors (Lipinski definition) is 0. The van der Waals surface area contributed by atoms with E-state index in [1.165, 1.54) is 17.1 Å². The lowest BCUT2D eigenvalue weighted by molar-refractivity contribution is -0.689. The monoisotopic (exact) mass is 460 g/mol. The van der Waals surface area contributed by atoms with Gasteiger partial charge in [0.15, 0.2) is 12.2 Å². The van der Waals surface area contributed by atoms with Crippen LogP contribution in [0.25, 0.3) is 11.3 Å². The number of fused-ring (bicyclic) bond motifs is 1. The average molecular weight is 462 g/mol. The van der Waals surface area contributed by atoms with Gasteiger partial charge < -0.3 is 17.0 Å². The van der Waals surface area contributed by atoms with Gasteiger partial charge in [0.1, 0.15) is 6.20 Å². The highest BCUT2D eigenvalue weighted by molar-refractivity contribution is 9.10. The van der Waals surface area contributed by atoms with Crippen molar-refractivity contribution in [3.05, 3.63) is 76.7 Å². The summed E-state index contributed by atoms with van der Waals surface area (Å²) in [4.78, 5) is 12.6. The second-order valence-electron chi connectivity index (χ2n) is 6.11.